The number of benzene rings is 3. The van der Waals surface area contributed by atoms with Gasteiger partial charge in [-0.05, 0) is 61.1 Å². The average molecular weight is 587 g/mol. The molecule has 10 heteroatoms. The summed E-state index contributed by atoms with van der Waals surface area (Å²) >= 11 is 0. The molecular weight excluding hydrogens is 548 g/mol. The Morgan fingerprint density at radius 2 is 1.45 bits per heavy atom. The van der Waals surface area contributed by atoms with Gasteiger partial charge in [-0.1, -0.05) is 48.5 Å². The van der Waals surface area contributed by atoms with Crippen molar-refractivity contribution < 1.29 is 13.2 Å². The number of anilines is 2. The number of carbonyl (C=O) groups is 1. The maximum Gasteiger partial charge on any atom is 0.241 e. The smallest absolute Gasteiger partial charge is 0.241 e. The molecule has 220 valence electrons. The molecule has 0 spiro atoms. The Balaban J connectivity index is 1.04. The van der Waals surface area contributed by atoms with Crippen LogP contribution in [0.5, 0.6) is 0 Å². The normalized spacial score (nSPS) is 19.7. The highest BCUT2D eigenvalue weighted by Gasteiger charge is 2.25. The number of aromatic nitrogens is 2. The van der Waals surface area contributed by atoms with Crippen LogP contribution in [-0.4, -0.2) is 68.5 Å². The van der Waals surface area contributed by atoms with Crippen molar-refractivity contribution in [3.8, 4) is 0 Å². The second-order valence-corrected chi connectivity index (χ2v) is 13.2. The van der Waals surface area contributed by atoms with E-state index in [1.54, 1.807) is 19.1 Å². The highest BCUT2D eigenvalue weighted by atomic mass is 32.2. The van der Waals surface area contributed by atoms with E-state index in [-0.39, 0.29) is 5.91 Å². The van der Waals surface area contributed by atoms with E-state index < -0.39 is 10.0 Å². The first kappa shape index (κ1) is 28.4. The molecule has 3 aromatic carbocycles. The molecule has 1 aromatic heterocycles. The van der Waals surface area contributed by atoms with Crippen molar-refractivity contribution in [3.63, 3.8) is 0 Å². The summed E-state index contributed by atoms with van der Waals surface area (Å²) in [6.07, 6.45) is 4.02. The third-order valence-corrected chi connectivity index (χ3v) is 10.2. The molecule has 2 heterocycles. The first-order valence-electron chi connectivity index (χ1n) is 14.9. The number of hydrogen-bond donors (Lipinski definition) is 2. The van der Waals surface area contributed by atoms with Crippen molar-refractivity contribution in [1.29, 1.82) is 0 Å². The summed E-state index contributed by atoms with van der Waals surface area (Å²) in [6.45, 7) is 5.73. The topological polar surface area (TPSA) is 108 Å². The van der Waals surface area contributed by atoms with Gasteiger partial charge in [0.1, 0.15) is 5.82 Å². The van der Waals surface area contributed by atoms with Crippen LogP contribution in [-0.2, 0) is 14.8 Å². The zero-order valence-electron chi connectivity index (χ0n) is 24.0. The van der Waals surface area contributed by atoms with Crippen molar-refractivity contribution in [2.45, 2.75) is 37.5 Å². The molecule has 2 fully saturated rings. The number of piperazine rings is 1. The van der Waals surface area contributed by atoms with Gasteiger partial charge in [0.05, 0.1) is 10.4 Å². The fourth-order valence-electron chi connectivity index (χ4n) is 6.22. The van der Waals surface area contributed by atoms with Crippen molar-refractivity contribution in [2.75, 3.05) is 49.5 Å². The molecule has 2 N–H and O–H groups in total. The van der Waals surface area contributed by atoms with E-state index in [0.29, 0.717) is 42.3 Å². The van der Waals surface area contributed by atoms with Gasteiger partial charge in [-0.2, -0.15) is 4.98 Å². The van der Waals surface area contributed by atoms with Crippen LogP contribution >= 0.6 is 0 Å². The van der Waals surface area contributed by atoms with Crippen LogP contribution in [0.1, 0.15) is 32.6 Å². The number of amides is 1. The number of rotatable bonds is 8. The Bertz CT molecular complexity index is 1670. The lowest BCUT2D eigenvalue weighted by Gasteiger charge is -2.35. The summed E-state index contributed by atoms with van der Waals surface area (Å²) < 4.78 is 29.2. The third-order valence-electron chi connectivity index (χ3n) is 8.72. The van der Waals surface area contributed by atoms with E-state index in [2.05, 4.69) is 21.0 Å². The van der Waals surface area contributed by atoms with Crippen LogP contribution in [0.3, 0.4) is 0 Å². The summed E-state index contributed by atoms with van der Waals surface area (Å²) in [5.74, 6) is 2.45. The number of nitrogens with one attached hydrogen (secondary N) is 2. The van der Waals surface area contributed by atoms with Gasteiger partial charge in [0.15, 0.2) is 0 Å². The lowest BCUT2D eigenvalue weighted by molar-refractivity contribution is -0.129. The molecule has 0 unspecified atom stereocenters. The Hall–Kier alpha value is -3.76. The van der Waals surface area contributed by atoms with Crippen LogP contribution in [0, 0.1) is 11.8 Å². The molecule has 42 heavy (non-hydrogen) atoms. The molecule has 6 rings (SSSR count). The lowest BCUT2D eigenvalue weighted by atomic mass is 9.82. The van der Waals surface area contributed by atoms with E-state index in [1.165, 1.54) is 0 Å². The molecule has 0 bridgehead atoms. The van der Waals surface area contributed by atoms with Gasteiger partial charge in [0.25, 0.3) is 0 Å². The van der Waals surface area contributed by atoms with Crippen LogP contribution in [0.15, 0.2) is 71.6 Å². The molecule has 2 aliphatic rings. The van der Waals surface area contributed by atoms with E-state index in [1.807, 2.05) is 53.4 Å². The molecule has 4 aromatic rings. The Labute approximate surface area is 247 Å². The maximum atomic E-state index is 13.1. The maximum absolute atomic E-state index is 13.1. The van der Waals surface area contributed by atoms with E-state index in [4.69, 9.17) is 9.97 Å². The Morgan fingerprint density at radius 3 is 2.19 bits per heavy atom. The highest BCUT2D eigenvalue weighted by molar-refractivity contribution is 7.89. The SMILES string of the molecule is CC(=O)N1CCN(c2nc(NCC3CCC(CNS(=O)(=O)c4cccc5ccccc45)CC3)nc3ccccc23)CC1. The van der Waals surface area contributed by atoms with Crippen LogP contribution in [0.25, 0.3) is 21.7 Å². The molecular formula is C32H38N6O3S. The summed E-state index contributed by atoms with van der Waals surface area (Å²) in [5.41, 5.74) is 0.904. The molecule has 1 amide bonds. The lowest BCUT2D eigenvalue weighted by Crippen LogP contribution is -2.48. The first-order chi connectivity index (χ1) is 20.4. The largest absolute Gasteiger partial charge is 0.354 e. The first-order valence-corrected chi connectivity index (χ1v) is 16.3. The van der Waals surface area contributed by atoms with E-state index in [0.717, 1.165) is 72.8 Å². The highest BCUT2D eigenvalue weighted by Crippen LogP contribution is 2.31. The van der Waals surface area contributed by atoms with Gasteiger partial charge in [-0.25, -0.2) is 18.1 Å². The van der Waals surface area contributed by atoms with Crippen molar-refractivity contribution >= 4 is 49.4 Å². The average Bonchev–Trinajstić information content (AvgIpc) is 3.02. The van der Waals surface area contributed by atoms with Gasteiger partial charge in [-0.15, -0.1) is 0 Å². The Kier molecular flexibility index (Phi) is 8.26. The van der Waals surface area contributed by atoms with E-state index >= 15 is 0 Å². The second kappa shape index (κ2) is 12.2. The second-order valence-electron chi connectivity index (χ2n) is 11.5. The van der Waals surface area contributed by atoms with E-state index in [9.17, 15) is 13.2 Å². The summed E-state index contributed by atoms with van der Waals surface area (Å²) in [4.78, 5) is 26.0. The van der Waals surface area contributed by atoms with Gasteiger partial charge in [0, 0.05) is 57.0 Å². The van der Waals surface area contributed by atoms with Crippen LogP contribution in [0.4, 0.5) is 11.8 Å². The number of para-hydroxylation sites is 1. The fourth-order valence-corrected chi connectivity index (χ4v) is 7.57. The molecule has 1 aliphatic heterocycles. The fraction of sp³-hybridized carbons (Fsp3) is 0.406. The monoisotopic (exact) mass is 586 g/mol. The number of carbonyl (C=O) groups excluding carboxylic acids is 1. The molecule has 0 radical (unpaired) electrons. The number of hydrogen-bond acceptors (Lipinski definition) is 7. The molecule has 0 atom stereocenters. The van der Waals surface area contributed by atoms with Crippen molar-refractivity contribution in [3.05, 3.63) is 66.7 Å². The van der Waals surface area contributed by atoms with Crippen molar-refractivity contribution in [1.82, 2.24) is 19.6 Å². The minimum Gasteiger partial charge on any atom is -0.354 e. The predicted molar refractivity (Wildman–Crippen MR) is 167 cm³/mol. The van der Waals surface area contributed by atoms with Gasteiger partial charge >= 0.3 is 0 Å². The summed E-state index contributed by atoms with van der Waals surface area (Å²) in [6, 6.07) is 21.1. The van der Waals surface area contributed by atoms with Crippen molar-refractivity contribution in [2.24, 2.45) is 11.8 Å². The standard InChI is InChI=1S/C32H38N6O3S/c1-23(39)37-17-19-38(20-18-37)31-28-10-4-5-11-29(28)35-32(36-31)33-21-24-13-15-25(16-14-24)22-34-42(40,41)30-12-6-8-26-7-2-3-9-27(26)30/h2-12,24-25,34H,13-22H2,1H3,(H,33,35,36). The zero-order valence-corrected chi connectivity index (χ0v) is 24.8. The van der Waals surface area contributed by atoms with Crippen LogP contribution < -0.4 is 14.9 Å². The minimum absolute atomic E-state index is 0.112. The quantitative estimate of drug-likeness (QED) is 0.310. The third kappa shape index (κ3) is 6.19. The summed E-state index contributed by atoms with van der Waals surface area (Å²) in [5, 5.41) is 6.19. The minimum atomic E-state index is -3.59. The Morgan fingerprint density at radius 1 is 0.810 bits per heavy atom. The zero-order chi connectivity index (χ0) is 29.1. The van der Waals surface area contributed by atoms with Crippen LogP contribution in [0.2, 0.25) is 0 Å². The van der Waals surface area contributed by atoms with Gasteiger partial charge < -0.3 is 15.1 Å². The molecule has 9 nitrogen and oxygen atoms in total. The van der Waals surface area contributed by atoms with Gasteiger partial charge in [0.2, 0.25) is 21.9 Å². The number of sulfonamides is 1. The number of nitrogens with zero attached hydrogens (tertiary/aromatic N) is 4. The summed E-state index contributed by atoms with van der Waals surface area (Å²) in [7, 11) is -3.59. The molecule has 1 saturated carbocycles. The number of fused-ring (bicyclic) bond motifs is 2. The molecule has 1 saturated heterocycles. The predicted octanol–water partition coefficient (Wildman–Crippen LogP) is 4.65. The van der Waals surface area contributed by atoms with Gasteiger partial charge in [-0.3, -0.25) is 4.79 Å². The molecule has 1 aliphatic carbocycles.